The van der Waals surface area contributed by atoms with Gasteiger partial charge < -0.3 is 14.0 Å². The summed E-state index contributed by atoms with van der Waals surface area (Å²) in [5, 5.41) is 12.2. The van der Waals surface area contributed by atoms with Gasteiger partial charge in [0.05, 0.1) is 11.2 Å². The lowest BCUT2D eigenvalue weighted by atomic mass is 9.79. The SMILES string of the molecule is COCn1nnc(-c2ccc(B3OC(C)(C)C(C)(C)O3)cc2)n1. The third-order valence-corrected chi connectivity index (χ3v) is 4.39. The Kier molecular flexibility index (Phi) is 3.99. The molecule has 0 N–H and O–H groups in total. The summed E-state index contributed by atoms with van der Waals surface area (Å²) in [6.45, 7) is 8.44. The molecule has 0 spiro atoms. The summed E-state index contributed by atoms with van der Waals surface area (Å²) < 4.78 is 17.1. The summed E-state index contributed by atoms with van der Waals surface area (Å²) in [5.74, 6) is 0.558. The molecule has 1 aliphatic heterocycles. The maximum absolute atomic E-state index is 6.05. The first-order chi connectivity index (χ1) is 10.8. The van der Waals surface area contributed by atoms with Gasteiger partial charge in [-0.3, -0.25) is 0 Å². The lowest BCUT2D eigenvalue weighted by molar-refractivity contribution is 0.00578. The summed E-state index contributed by atoms with van der Waals surface area (Å²) in [7, 11) is 1.22. The molecule has 0 atom stereocenters. The highest BCUT2D eigenvalue weighted by atomic mass is 16.7. The van der Waals surface area contributed by atoms with Gasteiger partial charge in [-0.2, -0.15) is 0 Å². The molecule has 23 heavy (non-hydrogen) atoms. The van der Waals surface area contributed by atoms with E-state index in [4.69, 9.17) is 14.0 Å². The molecular formula is C15H21BN4O3. The molecule has 0 unspecified atom stereocenters. The van der Waals surface area contributed by atoms with E-state index in [0.717, 1.165) is 11.0 Å². The molecule has 1 aromatic heterocycles. The highest BCUT2D eigenvalue weighted by molar-refractivity contribution is 6.62. The molecule has 2 heterocycles. The summed E-state index contributed by atoms with van der Waals surface area (Å²) >= 11 is 0. The number of ether oxygens (including phenoxy) is 1. The number of hydrogen-bond donors (Lipinski definition) is 0. The van der Waals surface area contributed by atoms with Gasteiger partial charge in [0, 0.05) is 12.7 Å². The molecule has 8 heteroatoms. The quantitative estimate of drug-likeness (QED) is 0.791. The van der Waals surface area contributed by atoms with Crippen LogP contribution < -0.4 is 5.46 Å². The fourth-order valence-corrected chi connectivity index (χ4v) is 2.30. The molecule has 3 rings (SSSR count). The maximum atomic E-state index is 6.05. The fraction of sp³-hybridized carbons (Fsp3) is 0.533. The van der Waals surface area contributed by atoms with E-state index in [0.29, 0.717) is 5.82 Å². The average Bonchev–Trinajstić information content (AvgIpc) is 3.03. The Balaban J connectivity index is 1.77. The van der Waals surface area contributed by atoms with Gasteiger partial charge >= 0.3 is 7.12 Å². The zero-order valence-electron chi connectivity index (χ0n) is 14.1. The van der Waals surface area contributed by atoms with Gasteiger partial charge in [-0.25, -0.2) is 0 Å². The van der Waals surface area contributed by atoms with Crippen molar-refractivity contribution in [1.82, 2.24) is 20.2 Å². The predicted octanol–water partition coefficient (Wildman–Crippen LogP) is 1.24. The van der Waals surface area contributed by atoms with Crippen LogP contribution >= 0.6 is 0 Å². The largest absolute Gasteiger partial charge is 0.494 e. The standard InChI is InChI=1S/C15H21BN4O3/c1-14(2)15(3,4)23-16(22-14)12-8-6-11(7-9-12)13-17-19-20(18-13)10-21-5/h6-9H,10H2,1-5H3. The molecule has 122 valence electrons. The van der Waals surface area contributed by atoms with Crippen LogP contribution in [0, 0.1) is 0 Å². The molecular weight excluding hydrogens is 295 g/mol. The first-order valence-electron chi connectivity index (χ1n) is 7.55. The van der Waals surface area contributed by atoms with Gasteiger partial charge in [0.2, 0.25) is 5.82 Å². The van der Waals surface area contributed by atoms with Crippen LogP contribution in [-0.4, -0.2) is 45.6 Å². The van der Waals surface area contributed by atoms with Gasteiger partial charge in [0.1, 0.15) is 0 Å². The molecule has 1 fully saturated rings. The minimum atomic E-state index is -0.369. The second-order valence-corrected chi connectivity index (χ2v) is 6.61. The molecule has 1 aromatic carbocycles. The van der Waals surface area contributed by atoms with Gasteiger partial charge in [-0.05, 0) is 38.4 Å². The normalized spacial score (nSPS) is 19.3. The molecule has 0 radical (unpaired) electrons. The second kappa shape index (κ2) is 5.70. The van der Waals surface area contributed by atoms with Gasteiger partial charge in [-0.15, -0.1) is 15.0 Å². The summed E-state index contributed by atoms with van der Waals surface area (Å²) in [4.78, 5) is 1.40. The Morgan fingerprint density at radius 3 is 2.26 bits per heavy atom. The number of nitrogens with zero attached hydrogens (tertiary/aromatic N) is 4. The lowest BCUT2D eigenvalue weighted by Crippen LogP contribution is -2.41. The van der Waals surface area contributed by atoms with Crippen LogP contribution in [0.2, 0.25) is 0 Å². The van der Waals surface area contributed by atoms with Crippen LogP contribution in [0.5, 0.6) is 0 Å². The zero-order valence-corrected chi connectivity index (χ0v) is 14.1. The molecule has 1 saturated heterocycles. The van der Waals surface area contributed by atoms with E-state index in [1.807, 2.05) is 52.0 Å². The Labute approximate surface area is 136 Å². The lowest BCUT2D eigenvalue weighted by Gasteiger charge is -2.32. The smallest absolute Gasteiger partial charge is 0.399 e. The average molecular weight is 316 g/mol. The van der Waals surface area contributed by atoms with Gasteiger partial charge in [0.25, 0.3) is 0 Å². The summed E-state index contributed by atoms with van der Waals surface area (Å²) in [6, 6.07) is 7.81. The molecule has 1 aliphatic rings. The van der Waals surface area contributed by atoms with E-state index in [1.165, 1.54) is 4.80 Å². The van der Waals surface area contributed by atoms with Crippen LogP contribution in [0.25, 0.3) is 11.4 Å². The first kappa shape index (κ1) is 16.1. The van der Waals surface area contributed by atoms with Crippen molar-refractivity contribution in [2.24, 2.45) is 0 Å². The van der Waals surface area contributed by atoms with Crippen molar-refractivity contribution in [3.05, 3.63) is 24.3 Å². The topological polar surface area (TPSA) is 71.3 Å². The van der Waals surface area contributed by atoms with Gasteiger partial charge in [0.15, 0.2) is 6.73 Å². The van der Waals surface area contributed by atoms with Crippen LogP contribution in [0.3, 0.4) is 0 Å². The fourth-order valence-electron chi connectivity index (χ4n) is 2.30. The van der Waals surface area contributed by atoms with Crippen LogP contribution in [0.15, 0.2) is 24.3 Å². The number of methoxy groups -OCH3 is 1. The van der Waals surface area contributed by atoms with Crippen LogP contribution in [0.4, 0.5) is 0 Å². The number of tetrazole rings is 1. The van der Waals surface area contributed by atoms with Crippen molar-refractivity contribution in [3.63, 3.8) is 0 Å². The zero-order chi connectivity index (χ0) is 16.7. The first-order valence-corrected chi connectivity index (χ1v) is 7.55. The van der Waals surface area contributed by atoms with Crippen LogP contribution in [0.1, 0.15) is 27.7 Å². The minimum absolute atomic E-state index is 0.277. The Hall–Kier alpha value is -1.77. The Morgan fingerprint density at radius 1 is 1.09 bits per heavy atom. The van der Waals surface area contributed by atoms with E-state index < -0.39 is 0 Å². The van der Waals surface area contributed by atoms with Crippen molar-refractivity contribution in [1.29, 1.82) is 0 Å². The van der Waals surface area contributed by atoms with Crippen molar-refractivity contribution in [2.45, 2.75) is 45.6 Å². The Bertz CT molecular complexity index is 668. The number of rotatable bonds is 4. The van der Waals surface area contributed by atoms with Gasteiger partial charge in [-0.1, -0.05) is 24.3 Å². The van der Waals surface area contributed by atoms with E-state index in [9.17, 15) is 0 Å². The van der Waals surface area contributed by atoms with Crippen molar-refractivity contribution < 1.29 is 14.0 Å². The van der Waals surface area contributed by atoms with Crippen LogP contribution in [-0.2, 0) is 20.8 Å². The third-order valence-electron chi connectivity index (χ3n) is 4.39. The highest BCUT2D eigenvalue weighted by Crippen LogP contribution is 2.36. The monoisotopic (exact) mass is 316 g/mol. The number of aromatic nitrogens is 4. The van der Waals surface area contributed by atoms with E-state index in [1.54, 1.807) is 7.11 Å². The van der Waals surface area contributed by atoms with E-state index in [2.05, 4.69) is 15.4 Å². The summed E-state index contributed by atoms with van der Waals surface area (Å²) in [6.07, 6.45) is 0. The molecule has 0 amide bonds. The molecule has 0 bridgehead atoms. The second-order valence-electron chi connectivity index (χ2n) is 6.61. The molecule has 2 aromatic rings. The molecule has 7 nitrogen and oxygen atoms in total. The minimum Gasteiger partial charge on any atom is -0.399 e. The number of hydrogen-bond acceptors (Lipinski definition) is 6. The van der Waals surface area contributed by atoms with Crippen molar-refractivity contribution in [3.8, 4) is 11.4 Å². The van der Waals surface area contributed by atoms with Crippen molar-refractivity contribution >= 4 is 12.6 Å². The third kappa shape index (κ3) is 3.02. The van der Waals surface area contributed by atoms with Crippen molar-refractivity contribution in [2.75, 3.05) is 7.11 Å². The predicted molar refractivity (Wildman–Crippen MR) is 86.0 cm³/mol. The Morgan fingerprint density at radius 2 is 1.70 bits per heavy atom. The van der Waals surface area contributed by atoms with E-state index in [-0.39, 0.29) is 25.1 Å². The maximum Gasteiger partial charge on any atom is 0.494 e. The summed E-state index contributed by atoms with van der Waals surface area (Å²) in [5.41, 5.74) is 1.16. The molecule has 0 saturated carbocycles. The van der Waals surface area contributed by atoms with E-state index >= 15 is 0 Å². The number of benzene rings is 1. The highest BCUT2D eigenvalue weighted by Gasteiger charge is 2.51. The molecule has 0 aliphatic carbocycles.